The van der Waals surface area contributed by atoms with Crippen molar-refractivity contribution in [2.24, 2.45) is 0 Å². The highest BCUT2D eigenvalue weighted by atomic mass is 35.5. The Hall–Kier alpha value is -3.46. The summed E-state index contributed by atoms with van der Waals surface area (Å²) in [7, 11) is -3.83. The van der Waals surface area contributed by atoms with E-state index < -0.39 is 21.8 Å². The molecule has 0 aliphatic heterocycles. The maximum absolute atomic E-state index is 12.6. The molecule has 0 heterocycles. The minimum atomic E-state index is -3.83. The van der Waals surface area contributed by atoms with Gasteiger partial charge in [0.2, 0.25) is 10.0 Å². The number of hydrogen-bond donors (Lipinski definition) is 3. The molecule has 0 aliphatic carbocycles. The first-order chi connectivity index (χ1) is 15.3. The Balaban J connectivity index is 1.58. The zero-order chi connectivity index (χ0) is 23.0. The van der Waals surface area contributed by atoms with Gasteiger partial charge in [0.25, 0.3) is 11.8 Å². The largest absolute Gasteiger partial charge is 0.269 e. The average Bonchev–Trinajstić information content (AvgIpc) is 2.81. The monoisotopic (exact) mass is 469 g/mol. The molecule has 0 saturated heterocycles. The van der Waals surface area contributed by atoms with Gasteiger partial charge >= 0.3 is 0 Å². The number of carbonyl (C=O) groups excluding carboxylic acids is 2. The van der Waals surface area contributed by atoms with Crippen LogP contribution < -0.4 is 15.6 Å². The lowest BCUT2D eigenvalue weighted by molar-refractivity contribution is -0.117. The van der Waals surface area contributed by atoms with Gasteiger partial charge in [0.15, 0.2) is 0 Å². The highest BCUT2D eigenvalue weighted by Crippen LogP contribution is 2.13. The first kappa shape index (κ1) is 23.2. The number of sulfonamides is 1. The second kappa shape index (κ2) is 10.7. The van der Waals surface area contributed by atoms with Crippen LogP contribution in [0.2, 0.25) is 5.02 Å². The van der Waals surface area contributed by atoms with Gasteiger partial charge in [-0.05, 0) is 47.5 Å². The van der Waals surface area contributed by atoms with Crippen LogP contribution >= 0.6 is 11.6 Å². The second-order valence-corrected chi connectivity index (χ2v) is 8.87. The number of hydrazine groups is 1. The van der Waals surface area contributed by atoms with Crippen molar-refractivity contribution in [3.05, 3.63) is 107 Å². The summed E-state index contributed by atoms with van der Waals surface area (Å²) in [6.45, 7) is 0.121. The number of amides is 2. The van der Waals surface area contributed by atoms with Crippen LogP contribution in [0.1, 0.15) is 21.5 Å². The first-order valence-corrected chi connectivity index (χ1v) is 11.4. The van der Waals surface area contributed by atoms with E-state index in [-0.39, 0.29) is 17.0 Å². The average molecular weight is 470 g/mol. The molecule has 0 aliphatic rings. The normalized spacial score (nSPS) is 11.3. The van der Waals surface area contributed by atoms with Crippen LogP contribution in [-0.2, 0) is 21.4 Å². The van der Waals surface area contributed by atoms with Gasteiger partial charge in [-0.15, -0.1) is 0 Å². The van der Waals surface area contributed by atoms with Crippen molar-refractivity contribution in [2.45, 2.75) is 11.4 Å². The van der Waals surface area contributed by atoms with E-state index in [1.54, 1.807) is 42.5 Å². The third-order valence-electron chi connectivity index (χ3n) is 4.31. The Morgan fingerprint density at radius 1 is 0.875 bits per heavy atom. The molecule has 7 nitrogen and oxygen atoms in total. The summed E-state index contributed by atoms with van der Waals surface area (Å²) in [6, 6.07) is 21.4. The molecule has 0 unspecified atom stereocenters. The third-order valence-corrected chi connectivity index (χ3v) is 5.96. The Kier molecular flexibility index (Phi) is 7.77. The molecule has 0 saturated carbocycles. The number of carbonyl (C=O) groups is 2. The van der Waals surface area contributed by atoms with E-state index >= 15 is 0 Å². The van der Waals surface area contributed by atoms with Gasteiger partial charge in [0.1, 0.15) is 0 Å². The van der Waals surface area contributed by atoms with Gasteiger partial charge in [0, 0.05) is 23.2 Å². The summed E-state index contributed by atoms with van der Waals surface area (Å²) >= 11 is 5.81. The van der Waals surface area contributed by atoms with E-state index in [0.29, 0.717) is 5.02 Å². The molecule has 32 heavy (non-hydrogen) atoms. The van der Waals surface area contributed by atoms with Crippen LogP contribution in [0.4, 0.5) is 0 Å². The molecule has 3 rings (SSSR count). The van der Waals surface area contributed by atoms with Crippen molar-refractivity contribution in [1.82, 2.24) is 15.6 Å². The molecule has 0 radical (unpaired) electrons. The Bertz CT molecular complexity index is 1230. The molecule has 3 aromatic rings. The molecule has 0 aromatic heterocycles. The van der Waals surface area contributed by atoms with E-state index in [1.807, 2.05) is 18.2 Å². The molecule has 164 valence electrons. The van der Waals surface area contributed by atoms with Crippen LogP contribution in [0.5, 0.6) is 0 Å². The van der Waals surface area contributed by atoms with Crippen molar-refractivity contribution < 1.29 is 18.0 Å². The van der Waals surface area contributed by atoms with Crippen molar-refractivity contribution in [1.29, 1.82) is 0 Å². The number of rotatable bonds is 7. The highest BCUT2D eigenvalue weighted by molar-refractivity contribution is 7.89. The van der Waals surface area contributed by atoms with Gasteiger partial charge in [-0.25, -0.2) is 13.1 Å². The van der Waals surface area contributed by atoms with Crippen LogP contribution in [0.3, 0.4) is 0 Å². The lowest BCUT2D eigenvalue weighted by atomic mass is 10.2. The number of halogens is 1. The van der Waals surface area contributed by atoms with Gasteiger partial charge in [-0.1, -0.05) is 60.1 Å². The Labute approximate surface area is 191 Å². The topological polar surface area (TPSA) is 104 Å². The second-order valence-electron chi connectivity index (χ2n) is 6.67. The lowest BCUT2D eigenvalue weighted by Crippen LogP contribution is -2.40. The summed E-state index contributed by atoms with van der Waals surface area (Å²) < 4.78 is 27.6. The molecule has 0 fully saturated rings. The van der Waals surface area contributed by atoms with Crippen LogP contribution in [0.25, 0.3) is 6.08 Å². The molecular formula is C23H20ClN3O4S. The standard InChI is InChI=1S/C23H20ClN3O4S/c24-20-12-9-17(10-13-20)11-14-22(28)26-27-23(29)19-7-4-8-21(15-19)32(30,31)25-16-18-5-2-1-3-6-18/h1-15,25H,16H2,(H,26,28)(H,27,29)/b14-11+. The first-order valence-electron chi connectivity index (χ1n) is 9.51. The number of hydrogen-bond acceptors (Lipinski definition) is 4. The minimum Gasteiger partial charge on any atom is -0.268 e. The third kappa shape index (κ3) is 6.78. The fraction of sp³-hybridized carbons (Fsp3) is 0.0435. The summed E-state index contributed by atoms with van der Waals surface area (Å²) in [5.41, 5.74) is 6.15. The van der Waals surface area contributed by atoms with Gasteiger partial charge in [-0.2, -0.15) is 0 Å². The Morgan fingerprint density at radius 2 is 1.59 bits per heavy atom. The SMILES string of the molecule is O=C(/C=C/c1ccc(Cl)cc1)NNC(=O)c1cccc(S(=O)(=O)NCc2ccccc2)c1. The maximum atomic E-state index is 12.6. The zero-order valence-corrected chi connectivity index (χ0v) is 18.4. The molecule has 2 amide bonds. The zero-order valence-electron chi connectivity index (χ0n) is 16.8. The van der Waals surface area contributed by atoms with Gasteiger partial charge < -0.3 is 0 Å². The Morgan fingerprint density at radius 3 is 2.31 bits per heavy atom. The summed E-state index contributed by atoms with van der Waals surface area (Å²) in [4.78, 5) is 24.2. The molecule has 0 spiro atoms. The highest BCUT2D eigenvalue weighted by Gasteiger charge is 2.16. The van der Waals surface area contributed by atoms with Crippen molar-refractivity contribution >= 4 is 39.5 Å². The summed E-state index contributed by atoms with van der Waals surface area (Å²) in [6.07, 6.45) is 2.81. The predicted molar refractivity (Wildman–Crippen MR) is 123 cm³/mol. The van der Waals surface area contributed by atoms with Crippen LogP contribution in [0.15, 0.2) is 89.8 Å². The fourth-order valence-corrected chi connectivity index (χ4v) is 3.83. The van der Waals surface area contributed by atoms with Gasteiger partial charge in [-0.3, -0.25) is 20.4 Å². The lowest BCUT2D eigenvalue weighted by Gasteiger charge is -2.09. The van der Waals surface area contributed by atoms with E-state index in [1.165, 1.54) is 30.3 Å². The quantitative estimate of drug-likeness (QED) is 0.365. The number of nitrogens with one attached hydrogen (secondary N) is 3. The maximum Gasteiger partial charge on any atom is 0.269 e. The van der Waals surface area contributed by atoms with E-state index in [0.717, 1.165) is 11.1 Å². The fourth-order valence-electron chi connectivity index (χ4n) is 2.64. The summed E-state index contributed by atoms with van der Waals surface area (Å²) in [5, 5.41) is 0.582. The van der Waals surface area contributed by atoms with E-state index in [4.69, 9.17) is 11.6 Å². The van der Waals surface area contributed by atoms with Crippen molar-refractivity contribution in [3.63, 3.8) is 0 Å². The van der Waals surface area contributed by atoms with Crippen molar-refractivity contribution in [3.8, 4) is 0 Å². The van der Waals surface area contributed by atoms with E-state index in [2.05, 4.69) is 15.6 Å². The van der Waals surface area contributed by atoms with Crippen LogP contribution in [0, 0.1) is 0 Å². The molecule has 3 N–H and O–H groups in total. The van der Waals surface area contributed by atoms with Gasteiger partial charge in [0.05, 0.1) is 4.90 Å². The smallest absolute Gasteiger partial charge is 0.268 e. The van der Waals surface area contributed by atoms with Crippen LogP contribution in [-0.4, -0.2) is 20.2 Å². The minimum absolute atomic E-state index is 0.0601. The predicted octanol–water partition coefficient (Wildman–Crippen LogP) is 3.29. The molecule has 3 aromatic carbocycles. The molecule has 0 atom stereocenters. The molecular weight excluding hydrogens is 450 g/mol. The molecule has 9 heteroatoms. The van der Waals surface area contributed by atoms with Crippen molar-refractivity contribution in [2.75, 3.05) is 0 Å². The van der Waals surface area contributed by atoms with E-state index in [9.17, 15) is 18.0 Å². The number of benzene rings is 3. The molecule has 0 bridgehead atoms. The summed E-state index contributed by atoms with van der Waals surface area (Å²) in [5.74, 6) is -1.21.